The first-order valence-electron chi connectivity index (χ1n) is 18.5. The predicted octanol–water partition coefficient (Wildman–Crippen LogP) is 12.5. The quantitative estimate of drug-likeness (QED) is 0.0582. The number of aliphatic hydroxyl groups excluding tert-OH is 2. The van der Waals surface area contributed by atoms with Crippen LogP contribution in [0.25, 0.3) is 0 Å². The molecular weight excluding hydrogens is 521 g/mol. The Hall–Kier alpha value is 0.354. The smallest absolute Gasteiger partial charge is 0.0473 e. The molecule has 0 aromatic rings. The second-order valence-corrected chi connectivity index (χ2v) is 25.6. The van der Waals surface area contributed by atoms with E-state index in [4.69, 9.17) is 10.2 Å². The van der Waals surface area contributed by atoms with Crippen LogP contribution in [0.5, 0.6) is 0 Å². The summed E-state index contributed by atoms with van der Waals surface area (Å²) in [6.45, 7) is 11.3. The number of aliphatic hydroxyl groups is 2. The van der Waals surface area contributed by atoms with Gasteiger partial charge in [0.15, 0.2) is 0 Å². The molecule has 40 heavy (non-hydrogen) atoms. The zero-order valence-corrected chi connectivity index (χ0v) is 30.5. The monoisotopic (exact) mass is 599 g/mol. The largest absolute Gasteiger partial charge is 0.396 e. The first-order chi connectivity index (χ1) is 19.3. The van der Waals surface area contributed by atoms with Gasteiger partial charge in [-0.1, -0.05) is 204 Å². The van der Waals surface area contributed by atoms with Crippen molar-refractivity contribution in [1.29, 1.82) is 0 Å². The second kappa shape index (κ2) is 29.4. The summed E-state index contributed by atoms with van der Waals surface area (Å²) >= 11 is 0. The molecular formula is C36H78O2Si2. The third-order valence-corrected chi connectivity index (χ3v) is 16.3. The lowest BCUT2D eigenvalue weighted by Crippen LogP contribution is -2.24. The van der Waals surface area contributed by atoms with Gasteiger partial charge in [0.1, 0.15) is 0 Å². The molecule has 0 spiro atoms. The molecule has 0 aromatic carbocycles. The van der Waals surface area contributed by atoms with E-state index in [1.54, 1.807) is 24.2 Å². The van der Waals surface area contributed by atoms with Crippen molar-refractivity contribution in [2.24, 2.45) is 0 Å². The normalized spacial score (nSPS) is 12.4. The topological polar surface area (TPSA) is 40.5 Å². The Morgan fingerprint density at radius 3 is 0.575 bits per heavy atom. The lowest BCUT2D eigenvalue weighted by molar-refractivity contribution is 0.282. The molecule has 0 aliphatic rings. The lowest BCUT2D eigenvalue weighted by Gasteiger charge is -2.22. The van der Waals surface area contributed by atoms with E-state index in [-0.39, 0.29) is 0 Å². The highest BCUT2D eigenvalue weighted by atomic mass is 28.3. The molecule has 0 saturated carbocycles. The van der Waals surface area contributed by atoms with Crippen molar-refractivity contribution >= 4 is 16.1 Å². The van der Waals surface area contributed by atoms with Crippen LogP contribution in [0, 0.1) is 0 Å². The molecule has 0 aliphatic carbocycles. The van der Waals surface area contributed by atoms with Gasteiger partial charge in [0, 0.05) is 29.4 Å². The molecule has 0 aromatic heterocycles. The third-order valence-electron chi connectivity index (χ3n) is 9.48. The highest BCUT2D eigenvalue weighted by Gasteiger charge is 2.20. The third kappa shape index (κ3) is 31.3. The summed E-state index contributed by atoms with van der Waals surface area (Å²) in [6, 6.07) is 6.22. The molecule has 0 radical (unpaired) electrons. The minimum atomic E-state index is -0.949. The summed E-state index contributed by atoms with van der Waals surface area (Å²) in [6.07, 6.45) is 36.1. The summed E-state index contributed by atoms with van der Waals surface area (Å²) in [5, 5.41) is 17.7. The maximum atomic E-state index is 8.84. The summed E-state index contributed by atoms with van der Waals surface area (Å²) < 4.78 is 0. The van der Waals surface area contributed by atoms with Crippen molar-refractivity contribution in [3.8, 4) is 0 Å². The van der Waals surface area contributed by atoms with Crippen molar-refractivity contribution in [3.63, 3.8) is 0 Å². The molecule has 0 saturated heterocycles. The zero-order chi connectivity index (χ0) is 29.6. The second-order valence-electron chi connectivity index (χ2n) is 15.0. The van der Waals surface area contributed by atoms with E-state index in [9.17, 15) is 0 Å². The van der Waals surface area contributed by atoms with E-state index >= 15 is 0 Å². The first kappa shape index (κ1) is 40.4. The molecule has 4 heteroatoms. The summed E-state index contributed by atoms with van der Waals surface area (Å²) in [4.78, 5) is 0. The van der Waals surface area contributed by atoms with Gasteiger partial charge in [0.05, 0.1) is 0 Å². The van der Waals surface area contributed by atoms with Gasteiger partial charge in [0.2, 0.25) is 0 Å². The van der Waals surface area contributed by atoms with Crippen molar-refractivity contribution < 1.29 is 10.2 Å². The average Bonchev–Trinajstić information content (AvgIpc) is 2.91. The maximum Gasteiger partial charge on any atom is 0.0473 e. The van der Waals surface area contributed by atoms with Gasteiger partial charge in [0.25, 0.3) is 0 Å². The van der Waals surface area contributed by atoms with Crippen LogP contribution in [-0.4, -0.2) is 39.6 Å². The van der Waals surface area contributed by atoms with Crippen molar-refractivity contribution in [1.82, 2.24) is 0 Å². The number of hydrogen-bond acceptors (Lipinski definition) is 2. The fourth-order valence-electron chi connectivity index (χ4n) is 6.42. The SMILES string of the molecule is C[Si](C)(CCCCCCCCCCCO)CCCCCCCCCC[Si](C)(C)CCCCCCCCCCCO. The lowest BCUT2D eigenvalue weighted by atomic mass is 10.1. The number of unbranched alkanes of at least 4 members (excludes halogenated alkanes) is 23. The molecule has 0 aliphatic heterocycles. The molecule has 0 heterocycles. The minimum absolute atomic E-state index is 0.371. The van der Waals surface area contributed by atoms with Crippen LogP contribution in [0.2, 0.25) is 50.4 Å². The van der Waals surface area contributed by atoms with E-state index in [0.717, 1.165) is 12.8 Å². The van der Waals surface area contributed by atoms with Gasteiger partial charge >= 0.3 is 0 Å². The van der Waals surface area contributed by atoms with Crippen molar-refractivity contribution in [2.45, 2.75) is 217 Å². The van der Waals surface area contributed by atoms with Crippen LogP contribution in [0.4, 0.5) is 0 Å². The highest BCUT2D eigenvalue weighted by molar-refractivity contribution is 6.77. The molecule has 0 fully saturated rings. The van der Waals surface area contributed by atoms with E-state index < -0.39 is 16.1 Å². The van der Waals surface area contributed by atoms with Gasteiger partial charge < -0.3 is 10.2 Å². The van der Waals surface area contributed by atoms with E-state index in [2.05, 4.69) is 26.2 Å². The summed E-state index contributed by atoms with van der Waals surface area (Å²) in [5.74, 6) is 0. The molecule has 2 N–H and O–H groups in total. The Bertz CT molecular complexity index is 451. The van der Waals surface area contributed by atoms with Crippen LogP contribution in [0.15, 0.2) is 0 Å². The molecule has 0 atom stereocenters. The van der Waals surface area contributed by atoms with Gasteiger partial charge in [-0.2, -0.15) is 0 Å². The Morgan fingerprint density at radius 1 is 0.250 bits per heavy atom. The molecule has 0 unspecified atom stereocenters. The van der Waals surface area contributed by atoms with Crippen molar-refractivity contribution in [2.75, 3.05) is 13.2 Å². The molecule has 242 valence electrons. The Kier molecular flexibility index (Phi) is 29.7. The van der Waals surface area contributed by atoms with Crippen LogP contribution in [0.1, 0.15) is 167 Å². The van der Waals surface area contributed by atoms with Crippen molar-refractivity contribution in [3.05, 3.63) is 0 Å². The Balaban J connectivity index is 3.45. The molecule has 0 amide bonds. The average molecular weight is 599 g/mol. The van der Waals surface area contributed by atoms with Gasteiger partial charge in [-0.25, -0.2) is 0 Å². The number of hydrogen-bond donors (Lipinski definition) is 2. The Labute approximate surface area is 256 Å². The van der Waals surface area contributed by atoms with Gasteiger partial charge in [-0.3, -0.25) is 0 Å². The number of rotatable bonds is 33. The maximum absolute atomic E-state index is 8.84. The van der Waals surface area contributed by atoms with Crippen LogP contribution in [0.3, 0.4) is 0 Å². The Morgan fingerprint density at radius 2 is 0.400 bits per heavy atom. The zero-order valence-electron chi connectivity index (χ0n) is 28.5. The first-order valence-corrected chi connectivity index (χ1v) is 25.4. The van der Waals surface area contributed by atoms with Gasteiger partial charge in [-0.15, -0.1) is 0 Å². The standard InChI is InChI=1S/C36H78O2Si2/c1-39(2,33-27-21-15-9-5-7-13-19-25-31-37)35-29-23-17-11-12-18-24-30-36-40(3,4)34-28-22-16-10-6-8-14-20-26-32-38/h37-38H,5-36H2,1-4H3. The summed E-state index contributed by atoms with van der Waals surface area (Å²) in [7, 11) is -1.90. The fourth-order valence-corrected chi connectivity index (χ4v) is 11.8. The minimum Gasteiger partial charge on any atom is -0.396 e. The molecule has 0 bridgehead atoms. The van der Waals surface area contributed by atoms with Crippen LogP contribution < -0.4 is 0 Å². The van der Waals surface area contributed by atoms with E-state index in [1.807, 2.05) is 0 Å². The molecule has 2 nitrogen and oxygen atoms in total. The van der Waals surface area contributed by atoms with Gasteiger partial charge in [-0.05, 0) is 12.8 Å². The summed E-state index contributed by atoms with van der Waals surface area (Å²) in [5.41, 5.74) is 0. The van der Waals surface area contributed by atoms with E-state index in [0.29, 0.717) is 13.2 Å². The van der Waals surface area contributed by atoms with Crippen LogP contribution >= 0.6 is 0 Å². The van der Waals surface area contributed by atoms with E-state index in [1.165, 1.54) is 154 Å². The highest BCUT2D eigenvalue weighted by Crippen LogP contribution is 2.25. The predicted molar refractivity (Wildman–Crippen MR) is 188 cm³/mol. The molecule has 0 rings (SSSR count). The van der Waals surface area contributed by atoms with Crippen LogP contribution in [-0.2, 0) is 0 Å². The fraction of sp³-hybridized carbons (Fsp3) is 1.00.